The van der Waals surface area contributed by atoms with Crippen molar-refractivity contribution in [1.82, 2.24) is 19.9 Å². The molecule has 4 aromatic rings. The summed E-state index contributed by atoms with van der Waals surface area (Å²) in [6, 6.07) is 9.45. The summed E-state index contributed by atoms with van der Waals surface area (Å²) in [5.41, 5.74) is 0.953. The maximum atomic E-state index is 15.6. The number of nitrogens with zero attached hydrogens (tertiary/aromatic N) is 3. The molecule has 170 valence electrons. The van der Waals surface area contributed by atoms with Gasteiger partial charge in [0.15, 0.2) is 17.5 Å². The van der Waals surface area contributed by atoms with E-state index in [9.17, 15) is 14.3 Å². The third-order valence-corrected chi connectivity index (χ3v) is 5.37. The number of aromatic amines is 1. The molecule has 33 heavy (non-hydrogen) atoms. The molecular formula is C24H23F2N5O2. The van der Waals surface area contributed by atoms with Gasteiger partial charge in [0.25, 0.3) is 0 Å². The number of pyridine rings is 1. The minimum Gasteiger partial charge on any atom is -0.481 e. The van der Waals surface area contributed by atoms with Gasteiger partial charge in [-0.25, -0.2) is 23.7 Å². The molecule has 1 aromatic carbocycles. The highest BCUT2D eigenvalue weighted by Gasteiger charge is 2.29. The van der Waals surface area contributed by atoms with E-state index in [-0.39, 0.29) is 23.8 Å². The molecule has 9 heteroatoms. The fourth-order valence-corrected chi connectivity index (χ4v) is 3.53. The summed E-state index contributed by atoms with van der Waals surface area (Å²) in [5.74, 6) is -2.22. The van der Waals surface area contributed by atoms with Crippen molar-refractivity contribution >= 4 is 22.8 Å². The van der Waals surface area contributed by atoms with Gasteiger partial charge in [0, 0.05) is 28.8 Å². The molecule has 0 saturated heterocycles. The number of fused-ring (bicyclic) bond motifs is 1. The Balaban J connectivity index is 1.91. The highest BCUT2D eigenvalue weighted by atomic mass is 19.1. The average Bonchev–Trinajstić information content (AvgIpc) is 3.17. The Bertz CT molecular complexity index is 1320. The van der Waals surface area contributed by atoms with E-state index in [1.807, 2.05) is 20.8 Å². The van der Waals surface area contributed by atoms with Gasteiger partial charge >= 0.3 is 5.97 Å². The number of carbonyl (C=O) groups is 1. The van der Waals surface area contributed by atoms with E-state index in [0.717, 1.165) is 6.20 Å². The van der Waals surface area contributed by atoms with Crippen LogP contribution in [0, 0.1) is 17.0 Å². The number of aliphatic carboxylic acids is 1. The topological polar surface area (TPSA) is 104 Å². The molecule has 0 aliphatic heterocycles. The predicted octanol–water partition coefficient (Wildman–Crippen LogP) is 5.27. The molecule has 3 aromatic heterocycles. The SMILES string of the molecule is CC(C)(C)C(CC(=O)O)Nc1nc(-c2c[nH]c3ncc(F)cc23)nc(-c2ccccc2)c1F. The quantitative estimate of drug-likeness (QED) is 0.369. The van der Waals surface area contributed by atoms with Gasteiger partial charge in [0.2, 0.25) is 0 Å². The number of carboxylic acid groups (broad SMARTS) is 1. The van der Waals surface area contributed by atoms with E-state index in [4.69, 9.17) is 0 Å². The maximum Gasteiger partial charge on any atom is 0.305 e. The van der Waals surface area contributed by atoms with Gasteiger partial charge in [-0.3, -0.25) is 4.79 Å². The lowest BCUT2D eigenvalue weighted by Gasteiger charge is -2.31. The van der Waals surface area contributed by atoms with Crippen LogP contribution in [-0.4, -0.2) is 37.1 Å². The van der Waals surface area contributed by atoms with Crippen LogP contribution in [0.4, 0.5) is 14.6 Å². The van der Waals surface area contributed by atoms with Gasteiger partial charge in [-0.05, 0) is 11.5 Å². The number of H-pyrrole nitrogens is 1. The zero-order valence-electron chi connectivity index (χ0n) is 18.4. The second-order valence-electron chi connectivity index (χ2n) is 8.84. The van der Waals surface area contributed by atoms with Crippen molar-refractivity contribution in [3.63, 3.8) is 0 Å². The number of hydrogen-bond acceptors (Lipinski definition) is 5. The molecular weight excluding hydrogens is 428 g/mol. The van der Waals surface area contributed by atoms with E-state index < -0.39 is 29.1 Å². The fraction of sp³-hybridized carbons (Fsp3) is 0.250. The second-order valence-corrected chi connectivity index (χ2v) is 8.84. The summed E-state index contributed by atoms with van der Waals surface area (Å²) in [6.07, 6.45) is 2.45. The zero-order chi connectivity index (χ0) is 23.8. The van der Waals surface area contributed by atoms with Crippen LogP contribution in [-0.2, 0) is 4.79 Å². The van der Waals surface area contributed by atoms with Gasteiger partial charge in [-0.1, -0.05) is 51.1 Å². The van der Waals surface area contributed by atoms with Gasteiger partial charge in [0.05, 0.1) is 12.6 Å². The lowest BCUT2D eigenvalue weighted by molar-refractivity contribution is -0.137. The molecule has 0 saturated carbocycles. The summed E-state index contributed by atoms with van der Waals surface area (Å²) in [5, 5.41) is 12.8. The van der Waals surface area contributed by atoms with Crippen molar-refractivity contribution in [2.75, 3.05) is 5.32 Å². The largest absolute Gasteiger partial charge is 0.481 e. The summed E-state index contributed by atoms with van der Waals surface area (Å²) in [4.78, 5) is 27.2. The molecule has 1 atom stereocenters. The van der Waals surface area contributed by atoms with Crippen molar-refractivity contribution in [3.8, 4) is 22.6 Å². The first-order valence-corrected chi connectivity index (χ1v) is 10.4. The summed E-state index contributed by atoms with van der Waals surface area (Å²) < 4.78 is 29.5. The van der Waals surface area contributed by atoms with Crippen LogP contribution in [0.3, 0.4) is 0 Å². The Hall–Kier alpha value is -3.88. The van der Waals surface area contributed by atoms with Crippen LogP contribution in [0.5, 0.6) is 0 Å². The highest BCUT2D eigenvalue weighted by molar-refractivity contribution is 5.92. The predicted molar refractivity (Wildman–Crippen MR) is 122 cm³/mol. The smallest absolute Gasteiger partial charge is 0.305 e. The van der Waals surface area contributed by atoms with E-state index in [0.29, 0.717) is 22.2 Å². The van der Waals surface area contributed by atoms with Crippen LogP contribution >= 0.6 is 0 Å². The minimum absolute atomic E-state index is 0.0461. The van der Waals surface area contributed by atoms with Gasteiger partial charge < -0.3 is 15.4 Å². The number of carboxylic acids is 1. The second kappa shape index (κ2) is 8.57. The lowest BCUT2D eigenvalue weighted by Crippen LogP contribution is -2.36. The Morgan fingerprint density at radius 3 is 2.58 bits per heavy atom. The molecule has 0 aliphatic carbocycles. The van der Waals surface area contributed by atoms with Gasteiger partial charge in [0.1, 0.15) is 17.2 Å². The molecule has 1 unspecified atom stereocenters. The lowest BCUT2D eigenvalue weighted by atomic mass is 9.84. The van der Waals surface area contributed by atoms with Crippen molar-refractivity contribution in [2.24, 2.45) is 5.41 Å². The molecule has 0 aliphatic rings. The number of nitrogens with one attached hydrogen (secondary N) is 2. The summed E-state index contributed by atoms with van der Waals surface area (Å²) in [6.45, 7) is 5.58. The van der Waals surface area contributed by atoms with Crippen molar-refractivity contribution < 1.29 is 18.7 Å². The Labute approximate surface area is 188 Å². The van der Waals surface area contributed by atoms with Crippen LogP contribution in [0.25, 0.3) is 33.7 Å². The first-order chi connectivity index (χ1) is 15.6. The fourth-order valence-electron chi connectivity index (χ4n) is 3.53. The number of benzene rings is 1. The monoisotopic (exact) mass is 451 g/mol. The van der Waals surface area contributed by atoms with Crippen molar-refractivity contribution in [2.45, 2.75) is 33.2 Å². The number of halogens is 2. The molecule has 0 bridgehead atoms. The minimum atomic E-state index is -1.02. The van der Waals surface area contributed by atoms with Crippen molar-refractivity contribution in [3.05, 3.63) is 60.4 Å². The van der Waals surface area contributed by atoms with Crippen LogP contribution in [0.1, 0.15) is 27.2 Å². The number of rotatable bonds is 6. The van der Waals surface area contributed by atoms with Gasteiger partial charge in [-0.2, -0.15) is 0 Å². The van der Waals surface area contributed by atoms with E-state index in [2.05, 4.69) is 25.3 Å². The van der Waals surface area contributed by atoms with Crippen LogP contribution in [0.15, 0.2) is 48.8 Å². The average molecular weight is 451 g/mol. The molecule has 4 rings (SSSR count). The standard InChI is InChI=1S/C24H23F2N5O2/c1-24(2,3)17(10-18(32)33)29-23-19(26)20(13-7-5-4-6-8-13)30-22(31-23)16-12-28-21-15(16)9-14(25)11-27-21/h4-9,11-12,17H,10H2,1-3H3,(H,27,28)(H,32,33)(H,29,30,31). The number of aromatic nitrogens is 4. The normalized spacial score (nSPS) is 12.6. The summed E-state index contributed by atoms with van der Waals surface area (Å²) >= 11 is 0. The Morgan fingerprint density at radius 1 is 1.18 bits per heavy atom. The summed E-state index contributed by atoms with van der Waals surface area (Å²) in [7, 11) is 0. The molecule has 7 nitrogen and oxygen atoms in total. The third kappa shape index (κ3) is 4.67. The van der Waals surface area contributed by atoms with Crippen molar-refractivity contribution in [1.29, 1.82) is 0 Å². The molecule has 3 N–H and O–H groups in total. The first kappa shape index (κ1) is 22.3. The molecule has 0 fully saturated rings. The number of hydrogen-bond donors (Lipinski definition) is 3. The third-order valence-electron chi connectivity index (χ3n) is 5.37. The Kier molecular flexibility index (Phi) is 5.80. The Morgan fingerprint density at radius 2 is 1.91 bits per heavy atom. The maximum absolute atomic E-state index is 15.6. The van der Waals surface area contributed by atoms with E-state index in [1.165, 1.54) is 6.07 Å². The highest BCUT2D eigenvalue weighted by Crippen LogP contribution is 2.33. The van der Waals surface area contributed by atoms with E-state index in [1.54, 1.807) is 36.5 Å². The molecule has 3 heterocycles. The van der Waals surface area contributed by atoms with E-state index >= 15 is 4.39 Å². The van der Waals surface area contributed by atoms with Gasteiger partial charge in [-0.15, -0.1) is 0 Å². The zero-order valence-corrected chi connectivity index (χ0v) is 18.4. The van der Waals surface area contributed by atoms with Crippen LogP contribution in [0.2, 0.25) is 0 Å². The first-order valence-electron chi connectivity index (χ1n) is 10.4. The molecule has 0 spiro atoms. The molecule has 0 radical (unpaired) electrons. The van der Waals surface area contributed by atoms with Crippen LogP contribution < -0.4 is 5.32 Å². The number of anilines is 1. The molecule has 0 amide bonds.